The third-order valence-corrected chi connectivity index (χ3v) is 5.31. The van der Waals surface area contributed by atoms with Crippen molar-refractivity contribution in [3.8, 4) is 0 Å². The highest BCUT2D eigenvalue weighted by Crippen LogP contribution is 2.62. The first-order valence-corrected chi connectivity index (χ1v) is 7.33. The molecule has 1 aliphatic carbocycles. The van der Waals surface area contributed by atoms with Crippen LogP contribution in [0.2, 0.25) is 0 Å². The molecule has 1 saturated heterocycles. The van der Waals surface area contributed by atoms with Crippen LogP contribution in [0.25, 0.3) is 0 Å². The number of anilines is 1. The van der Waals surface area contributed by atoms with E-state index in [9.17, 15) is 0 Å². The lowest BCUT2D eigenvalue weighted by Gasteiger charge is -2.45. The normalized spacial score (nSPS) is 36.8. The summed E-state index contributed by atoms with van der Waals surface area (Å²) >= 11 is 3.55. The van der Waals surface area contributed by atoms with Gasteiger partial charge in [0.15, 0.2) is 0 Å². The molecule has 3 heteroatoms. The molecule has 0 amide bonds. The van der Waals surface area contributed by atoms with Gasteiger partial charge in [-0.2, -0.15) is 0 Å². The molecule has 2 heterocycles. The molecular weight excluding hydrogens is 290 g/mol. The van der Waals surface area contributed by atoms with Gasteiger partial charge in [-0.3, -0.25) is 0 Å². The van der Waals surface area contributed by atoms with Crippen LogP contribution < -0.4 is 5.32 Å². The fraction of sp³-hybridized carbons (Fsp3) is 0.467. The number of halogens is 1. The average molecular weight is 306 g/mol. The lowest BCUT2D eigenvalue weighted by molar-refractivity contribution is -0.0706. The van der Waals surface area contributed by atoms with Gasteiger partial charge < -0.3 is 10.1 Å². The van der Waals surface area contributed by atoms with E-state index >= 15 is 0 Å². The summed E-state index contributed by atoms with van der Waals surface area (Å²) in [6, 6.07) is 6.57. The molecule has 94 valence electrons. The zero-order chi connectivity index (χ0) is 12.4. The van der Waals surface area contributed by atoms with Crippen molar-refractivity contribution in [2.45, 2.75) is 36.8 Å². The Morgan fingerprint density at radius 1 is 1.33 bits per heavy atom. The second kappa shape index (κ2) is 3.40. The number of nitrogens with one attached hydrogen (secondary N) is 1. The summed E-state index contributed by atoms with van der Waals surface area (Å²) in [5.74, 6) is 0. The summed E-state index contributed by atoms with van der Waals surface area (Å²) in [5, 5.41) is 3.67. The van der Waals surface area contributed by atoms with Crippen LogP contribution in [0.1, 0.15) is 31.2 Å². The van der Waals surface area contributed by atoms with Crippen LogP contribution in [0, 0.1) is 0 Å². The molecule has 2 fully saturated rings. The van der Waals surface area contributed by atoms with E-state index in [1.807, 2.05) is 0 Å². The van der Waals surface area contributed by atoms with Crippen molar-refractivity contribution in [1.29, 1.82) is 0 Å². The van der Waals surface area contributed by atoms with Gasteiger partial charge in [0.1, 0.15) is 5.72 Å². The van der Waals surface area contributed by atoms with Crippen molar-refractivity contribution < 1.29 is 4.74 Å². The van der Waals surface area contributed by atoms with Crippen molar-refractivity contribution >= 4 is 21.6 Å². The van der Waals surface area contributed by atoms with Gasteiger partial charge in [0.2, 0.25) is 0 Å². The molecule has 0 bridgehead atoms. The number of rotatable bonds is 0. The minimum Gasteiger partial charge on any atom is -0.357 e. The number of ether oxygens (including phenoxy) is 1. The Bertz CT molecular complexity index is 555. The Labute approximate surface area is 116 Å². The molecule has 18 heavy (non-hydrogen) atoms. The van der Waals surface area contributed by atoms with Crippen LogP contribution in [-0.4, -0.2) is 12.3 Å². The van der Waals surface area contributed by atoms with Crippen LogP contribution in [0.5, 0.6) is 0 Å². The van der Waals surface area contributed by atoms with E-state index in [-0.39, 0.29) is 11.1 Å². The molecular formula is C15H16BrNO. The zero-order valence-corrected chi connectivity index (χ0v) is 11.8. The predicted octanol–water partition coefficient (Wildman–Crippen LogP) is 3.97. The summed E-state index contributed by atoms with van der Waals surface area (Å²) < 4.78 is 7.34. The molecule has 0 spiro atoms. The molecule has 1 aromatic carbocycles. The fourth-order valence-corrected chi connectivity index (χ4v) is 4.51. The number of hydrogen-bond donors (Lipinski definition) is 1. The maximum atomic E-state index is 6.21. The summed E-state index contributed by atoms with van der Waals surface area (Å²) in [7, 11) is 0. The molecule has 1 aromatic rings. The van der Waals surface area contributed by atoms with Crippen molar-refractivity contribution in [3.63, 3.8) is 0 Å². The average Bonchev–Trinajstić information content (AvgIpc) is 2.79. The number of hydrogen-bond acceptors (Lipinski definition) is 2. The molecule has 0 aromatic heterocycles. The second-order valence-electron chi connectivity index (χ2n) is 5.79. The van der Waals surface area contributed by atoms with Crippen molar-refractivity contribution in [2.75, 3.05) is 11.9 Å². The van der Waals surface area contributed by atoms with Gasteiger partial charge in [-0.05, 0) is 43.4 Å². The standard InChI is InChI=1S/C15H16BrNO/c1-10-8-14-5-2-6-15(14,18-9-10)17-13-7-11(16)3-4-12(13)14/h3-4,7,17H,1-2,5-6,8-9H2/t14-,15-/m0/s1. The van der Waals surface area contributed by atoms with Crippen LogP contribution in [0.15, 0.2) is 34.8 Å². The van der Waals surface area contributed by atoms with E-state index in [0.717, 1.165) is 17.3 Å². The van der Waals surface area contributed by atoms with Crippen molar-refractivity contribution in [2.24, 2.45) is 0 Å². The topological polar surface area (TPSA) is 21.3 Å². The summed E-state index contributed by atoms with van der Waals surface area (Å²) in [4.78, 5) is 0. The number of fused-ring (bicyclic) bond motifs is 1. The molecule has 4 rings (SSSR count). The largest absolute Gasteiger partial charge is 0.357 e. The lowest BCUT2D eigenvalue weighted by Crippen LogP contribution is -2.54. The van der Waals surface area contributed by atoms with Gasteiger partial charge in [-0.15, -0.1) is 0 Å². The highest BCUT2D eigenvalue weighted by Gasteiger charge is 2.63. The smallest absolute Gasteiger partial charge is 0.149 e. The van der Waals surface area contributed by atoms with Crippen LogP contribution in [-0.2, 0) is 10.2 Å². The van der Waals surface area contributed by atoms with E-state index in [0.29, 0.717) is 6.61 Å². The Kier molecular flexibility index (Phi) is 2.09. The van der Waals surface area contributed by atoms with Gasteiger partial charge in [-0.25, -0.2) is 0 Å². The Morgan fingerprint density at radius 2 is 2.22 bits per heavy atom. The van der Waals surface area contributed by atoms with Gasteiger partial charge in [0.05, 0.1) is 6.61 Å². The monoisotopic (exact) mass is 305 g/mol. The first-order valence-electron chi connectivity index (χ1n) is 6.54. The third-order valence-electron chi connectivity index (χ3n) is 4.81. The molecule has 1 N–H and O–H groups in total. The molecule has 1 saturated carbocycles. The highest BCUT2D eigenvalue weighted by atomic mass is 79.9. The molecule has 2 atom stereocenters. The number of benzene rings is 1. The summed E-state index contributed by atoms with van der Waals surface area (Å²) in [5.41, 5.74) is 3.84. The fourth-order valence-electron chi connectivity index (χ4n) is 4.15. The van der Waals surface area contributed by atoms with E-state index < -0.39 is 0 Å². The van der Waals surface area contributed by atoms with E-state index in [4.69, 9.17) is 4.74 Å². The van der Waals surface area contributed by atoms with E-state index in [1.165, 1.54) is 29.7 Å². The van der Waals surface area contributed by atoms with Crippen LogP contribution >= 0.6 is 15.9 Å². The first-order chi connectivity index (χ1) is 8.65. The van der Waals surface area contributed by atoms with Gasteiger partial charge in [0.25, 0.3) is 0 Å². The maximum absolute atomic E-state index is 6.21. The Morgan fingerprint density at radius 3 is 3.11 bits per heavy atom. The first kappa shape index (κ1) is 11.1. The minimum atomic E-state index is -0.169. The second-order valence-corrected chi connectivity index (χ2v) is 6.71. The van der Waals surface area contributed by atoms with Gasteiger partial charge in [0, 0.05) is 15.6 Å². The molecule has 2 nitrogen and oxygen atoms in total. The Hall–Kier alpha value is -0.800. The minimum absolute atomic E-state index is 0.123. The van der Waals surface area contributed by atoms with Crippen LogP contribution in [0.3, 0.4) is 0 Å². The van der Waals surface area contributed by atoms with Crippen LogP contribution in [0.4, 0.5) is 5.69 Å². The zero-order valence-electron chi connectivity index (χ0n) is 10.3. The Balaban J connectivity index is 1.94. The van der Waals surface area contributed by atoms with Crippen molar-refractivity contribution in [3.05, 3.63) is 40.4 Å². The van der Waals surface area contributed by atoms with E-state index in [1.54, 1.807) is 0 Å². The quantitative estimate of drug-likeness (QED) is 0.732. The molecule has 0 unspecified atom stereocenters. The lowest BCUT2D eigenvalue weighted by atomic mass is 9.70. The molecule has 3 aliphatic rings. The maximum Gasteiger partial charge on any atom is 0.149 e. The van der Waals surface area contributed by atoms with Crippen molar-refractivity contribution in [1.82, 2.24) is 0 Å². The van der Waals surface area contributed by atoms with E-state index in [2.05, 4.69) is 46.0 Å². The van der Waals surface area contributed by atoms with Gasteiger partial charge >= 0.3 is 0 Å². The SMILES string of the molecule is C=C1CO[C@@]23CCC[C@]2(C1)c1ccc(Br)cc1N3. The predicted molar refractivity (Wildman–Crippen MR) is 75.7 cm³/mol. The summed E-state index contributed by atoms with van der Waals surface area (Å²) in [6.07, 6.45) is 4.60. The van der Waals surface area contributed by atoms with Gasteiger partial charge in [-0.1, -0.05) is 34.1 Å². The molecule has 2 aliphatic heterocycles. The summed E-state index contributed by atoms with van der Waals surface area (Å²) in [6.45, 7) is 4.85. The molecule has 0 radical (unpaired) electrons. The third kappa shape index (κ3) is 1.17. The highest BCUT2D eigenvalue weighted by molar-refractivity contribution is 9.10.